The summed E-state index contributed by atoms with van der Waals surface area (Å²) in [5, 5.41) is 1.16. The summed E-state index contributed by atoms with van der Waals surface area (Å²) >= 11 is 0. The standard InChI is InChI=1S/C24H31N3O3/c1-23(2)15-24(22(28)29-3)16-26(14-20(23)24)13-18-12-17-6-4-5-7-19(17)25-21(18)27-8-10-30-11-9-27/h4-7,12,20H,8-11,13-16H2,1-3H3/t20-,24+/m1/s1. The molecule has 2 atom stereocenters. The quantitative estimate of drug-likeness (QED) is 0.724. The van der Waals surface area contributed by atoms with Gasteiger partial charge in [-0.1, -0.05) is 32.0 Å². The minimum atomic E-state index is -0.346. The van der Waals surface area contributed by atoms with Crippen LogP contribution in [0.25, 0.3) is 10.9 Å². The van der Waals surface area contributed by atoms with E-state index < -0.39 is 0 Å². The van der Waals surface area contributed by atoms with Gasteiger partial charge >= 0.3 is 5.97 Å². The molecule has 160 valence electrons. The molecular weight excluding hydrogens is 378 g/mol. The number of esters is 1. The molecule has 2 aromatic rings. The third kappa shape index (κ3) is 3.08. The molecule has 1 aromatic heterocycles. The zero-order chi connectivity index (χ0) is 20.9. The molecular formula is C24H31N3O3. The van der Waals surface area contributed by atoms with Gasteiger partial charge in [0.15, 0.2) is 0 Å². The molecule has 0 spiro atoms. The maximum Gasteiger partial charge on any atom is 0.313 e. The van der Waals surface area contributed by atoms with E-state index in [-0.39, 0.29) is 16.8 Å². The third-order valence-corrected chi connectivity index (χ3v) is 7.40. The number of likely N-dealkylation sites (tertiary alicyclic amines) is 1. The van der Waals surface area contributed by atoms with E-state index in [0.717, 1.165) is 69.1 Å². The molecule has 2 aliphatic heterocycles. The van der Waals surface area contributed by atoms with Crippen molar-refractivity contribution in [3.8, 4) is 0 Å². The van der Waals surface area contributed by atoms with Gasteiger partial charge in [-0.25, -0.2) is 4.98 Å². The molecule has 0 N–H and O–H groups in total. The molecule has 3 aliphatic rings. The van der Waals surface area contributed by atoms with Crippen LogP contribution in [0.3, 0.4) is 0 Å². The Morgan fingerprint density at radius 1 is 1.27 bits per heavy atom. The predicted octanol–water partition coefficient (Wildman–Crippen LogP) is 3.09. The average molecular weight is 410 g/mol. The van der Waals surface area contributed by atoms with E-state index in [0.29, 0.717) is 5.92 Å². The van der Waals surface area contributed by atoms with Gasteiger partial charge in [-0.15, -0.1) is 0 Å². The number of anilines is 1. The van der Waals surface area contributed by atoms with Crippen LogP contribution in [-0.2, 0) is 20.8 Å². The van der Waals surface area contributed by atoms with E-state index in [1.807, 2.05) is 6.07 Å². The Labute approximate surface area is 178 Å². The molecule has 0 amide bonds. The van der Waals surface area contributed by atoms with Crippen LogP contribution in [0.1, 0.15) is 25.8 Å². The fraction of sp³-hybridized carbons (Fsp3) is 0.583. The largest absolute Gasteiger partial charge is 0.469 e. The van der Waals surface area contributed by atoms with Gasteiger partial charge in [-0.05, 0) is 29.9 Å². The first-order chi connectivity index (χ1) is 14.4. The van der Waals surface area contributed by atoms with Gasteiger partial charge in [0.25, 0.3) is 0 Å². The fourth-order valence-electron chi connectivity index (χ4n) is 6.14. The van der Waals surface area contributed by atoms with Crippen LogP contribution in [0.5, 0.6) is 0 Å². The van der Waals surface area contributed by atoms with Gasteiger partial charge in [0.2, 0.25) is 0 Å². The van der Waals surface area contributed by atoms with Crippen molar-refractivity contribution in [1.82, 2.24) is 9.88 Å². The second-order valence-corrected chi connectivity index (χ2v) is 9.80. The average Bonchev–Trinajstić information content (AvgIpc) is 3.08. The molecule has 2 saturated heterocycles. The van der Waals surface area contributed by atoms with Gasteiger partial charge in [0, 0.05) is 43.7 Å². The number of para-hydroxylation sites is 1. The Morgan fingerprint density at radius 2 is 2.03 bits per heavy atom. The Hall–Kier alpha value is -2.18. The summed E-state index contributed by atoms with van der Waals surface area (Å²) in [4.78, 5) is 22.5. The second-order valence-electron chi connectivity index (χ2n) is 9.80. The monoisotopic (exact) mass is 409 g/mol. The SMILES string of the molecule is COC(=O)[C@@]12CN(Cc3cc4ccccc4nc3N3CCOCC3)C[C@@H]1C(C)(C)C2. The predicted molar refractivity (Wildman–Crippen MR) is 116 cm³/mol. The van der Waals surface area contributed by atoms with Crippen molar-refractivity contribution in [3.63, 3.8) is 0 Å². The molecule has 6 nitrogen and oxygen atoms in total. The fourth-order valence-corrected chi connectivity index (χ4v) is 6.14. The van der Waals surface area contributed by atoms with Crippen LogP contribution in [0.4, 0.5) is 5.82 Å². The zero-order valence-corrected chi connectivity index (χ0v) is 18.2. The Morgan fingerprint density at radius 3 is 2.77 bits per heavy atom. The van der Waals surface area contributed by atoms with Crippen molar-refractivity contribution < 1.29 is 14.3 Å². The van der Waals surface area contributed by atoms with Crippen LogP contribution >= 0.6 is 0 Å². The van der Waals surface area contributed by atoms with Crippen LogP contribution in [-0.4, -0.2) is 62.4 Å². The topological polar surface area (TPSA) is 54.9 Å². The summed E-state index contributed by atoms with van der Waals surface area (Å²) in [7, 11) is 1.52. The number of nitrogens with zero attached hydrogens (tertiary/aromatic N) is 3. The van der Waals surface area contributed by atoms with E-state index in [1.54, 1.807) is 0 Å². The van der Waals surface area contributed by atoms with Crippen molar-refractivity contribution >= 4 is 22.7 Å². The number of morpholine rings is 1. The molecule has 0 radical (unpaired) electrons. The lowest BCUT2D eigenvalue weighted by molar-refractivity contribution is -0.174. The van der Waals surface area contributed by atoms with Gasteiger partial charge < -0.3 is 14.4 Å². The lowest BCUT2D eigenvalue weighted by Gasteiger charge is -2.54. The van der Waals surface area contributed by atoms with Crippen LogP contribution in [0, 0.1) is 16.7 Å². The van der Waals surface area contributed by atoms with Crippen LogP contribution < -0.4 is 4.90 Å². The smallest absolute Gasteiger partial charge is 0.313 e. The van der Waals surface area contributed by atoms with Crippen molar-refractivity contribution in [2.45, 2.75) is 26.8 Å². The lowest BCUT2D eigenvalue weighted by atomic mass is 9.48. The number of methoxy groups -OCH3 is 1. The molecule has 1 saturated carbocycles. The molecule has 3 heterocycles. The van der Waals surface area contributed by atoms with E-state index >= 15 is 0 Å². The van der Waals surface area contributed by atoms with Gasteiger partial charge in [-0.3, -0.25) is 9.69 Å². The number of fused-ring (bicyclic) bond motifs is 2. The zero-order valence-electron chi connectivity index (χ0n) is 18.2. The Kier molecular flexibility index (Phi) is 4.75. The number of hydrogen-bond donors (Lipinski definition) is 0. The van der Waals surface area contributed by atoms with Crippen molar-refractivity contribution in [3.05, 3.63) is 35.9 Å². The van der Waals surface area contributed by atoms with Gasteiger partial charge in [-0.2, -0.15) is 0 Å². The summed E-state index contributed by atoms with van der Waals surface area (Å²) in [5.41, 5.74) is 2.09. The number of aromatic nitrogens is 1. The highest BCUT2D eigenvalue weighted by atomic mass is 16.5. The van der Waals surface area contributed by atoms with E-state index in [2.05, 4.69) is 47.9 Å². The summed E-state index contributed by atoms with van der Waals surface area (Å²) in [6.07, 6.45) is 0.903. The Balaban J connectivity index is 1.47. The van der Waals surface area contributed by atoms with Gasteiger partial charge in [0.05, 0.1) is 31.3 Å². The molecule has 5 rings (SSSR count). The van der Waals surface area contributed by atoms with Crippen molar-refractivity contribution in [1.29, 1.82) is 0 Å². The maximum absolute atomic E-state index is 12.7. The number of carbonyl (C=O) groups is 1. The number of benzene rings is 1. The molecule has 0 bridgehead atoms. The maximum atomic E-state index is 12.7. The molecule has 6 heteroatoms. The van der Waals surface area contributed by atoms with Crippen molar-refractivity contribution in [2.24, 2.45) is 16.7 Å². The van der Waals surface area contributed by atoms with Crippen LogP contribution in [0.2, 0.25) is 0 Å². The number of rotatable bonds is 4. The third-order valence-electron chi connectivity index (χ3n) is 7.40. The first-order valence-corrected chi connectivity index (χ1v) is 11.0. The number of hydrogen-bond acceptors (Lipinski definition) is 6. The first kappa shape index (κ1) is 19.8. The van der Waals surface area contributed by atoms with Crippen LogP contribution in [0.15, 0.2) is 30.3 Å². The highest BCUT2D eigenvalue weighted by molar-refractivity contribution is 5.82. The molecule has 30 heavy (non-hydrogen) atoms. The van der Waals surface area contributed by atoms with Crippen molar-refractivity contribution in [2.75, 3.05) is 51.4 Å². The number of pyridine rings is 1. The lowest BCUT2D eigenvalue weighted by Crippen LogP contribution is -2.57. The summed E-state index contributed by atoms with van der Waals surface area (Å²) in [5.74, 6) is 1.36. The minimum absolute atomic E-state index is 0.0423. The molecule has 1 aromatic carbocycles. The highest BCUT2D eigenvalue weighted by Gasteiger charge is 2.67. The first-order valence-electron chi connectivity index (χ1n) is 11.0. The minimum Gasteiger partial charge on any atom is -0.469 e. The normalized spacial score (nSPS) is 28.2. The van der Waals surface area contributed by atoms with E-state index in [4.69, 9.17) is 14.5 Å². The summed E-state index contributed by atoms with van der Waals surface area (Å²) in [6.45, 7) is 10.2. The Bertz CT molecular complexity index is 969. The molecule has 1 aliphatic carbocycles. The highest BCUT2D eigenvalue weighted by Crippen LogP contribution is 2.63. The molecule has 3 fully saturated rings. The summed E-state index contributed by atoms with van der Waals surface area (Å²) < 4.78 is 10.8. The molecule has 0 unspecified atom stereocenters. The second kappa shape index (κ2) is 7.20. The summed E-state index contributed by atoms with van der Waals surface area (Å²) in [6, 6.07) is 10.6. The van der Waals surface area contributed by atoms with E-state index in [1.165, 1.54) is 12.7 Å². The number of ether oxygens (including phenoxy) is 2. The van der Waals surface area contributed by atoms with Gasteiger partial charge in [0.1, 0.15) is 5.82 Å². The van der Waals surface area contributed by atoms with E-state index in [9.17, 15) is 4.79 Å². The number of carbonyl (C=O) groups excluding carboxylic acids is 1.